The van der Waals surface area contributed by atoms with Crippen LogP contribution in [-0.2, 0) is 4.74 Å². The predicted molar refractivity (Wildman–Crippen MR) is 59.3 cm³/mol. The molecule has 1 aliphatic heterocycles. The highest BCUT2D eigenvalue weighted by Crippen LogP contribution is 2.13. The maximum atomic E-state index is 5.67. The minimum Gasteiger partial charge on any atom is -0.477 e. The van der Waals surface area contributed by atoms with E-state index in [1.807, 2.05) is 30.3 Å². The fourth-order valence-corrected chi connectivity index (χ4v) is 1.37. The SMILES string of the molecule is C=CC(Oc1ccccc1)C1=NCCO1. The van der Waals surface area contributed by atoms with Gasteiger partial charge in [-0.15, -0.1) is 0 Å². The normalized spacial score (nSPS) is 16.4. The molecule has 1 atom stereocenters. The zero-order chi connectivity index (χ0) is 10.5. The lowest BCUT2D eigenvalue weighted by Gasteiger charge is -2.14. The molecule has 15 heavy (non-hydrogen) atoms. The second-order valence-corrected chi connectivity index (χ2v) is 3.16. The number of benzene rings is 1. The first-order chi connectivity index (χ1) is 7.40. The maximum Gasteiger partial charge on any atom is 0.230 e. The van der Waals surface area contributed by atoms with Crippen LogP contribution >= 0.6 is 0 Å². The topological polar surface area (TPSA) is 30.8 Å². The van der Waals surface area contributed by atoms with E-state index in [0.29, 0.717) is 19.0 Å². The summed E-state index contributed by atoms with van der Waals surface area (Å²) in [6.45, 7) is 5.06. The average Bonchev–Trinajstić information content (AvgIpc) is 2.81. The van der Waals surface area contributed by atoms with Gasteiger partial charge in [0, 0.05) is 0 Å². The van der Waals surface area contributed by atoms with Gasteiger partial charge in [-0.2, -0.15) is 0 Å². The van der Waals surface area contributed by atoms with E-state index >= 15 is 0 Å². The summed E-state index contributed by atoms with van der Waals surface area (Å²) in [6.07, 6.45) is 1.41. The van der Waals surface area contributed by atoms with Crippen LogP contribution in [0.4, 0.5) is 0 Å². The van der Waals surface area contributed by atoms with Crippen LogP contribution in [0.1, 0.15) is 0 Å². The molecule has 1 aromatic carbocycles. The lowest BCUT2D eigenvalue weighted by Crippen LogP contribution is -2.25. The Morgan fingerprint density at radius 2 is 2.20 bits per heavy atom. The number of para-hydroxylation sites is 1. The molecule has 0 aromatic heterocycles. The number of aliphatic imine (C=N–C) groups is 1. The van der Waals surface area contributed by atoms with Crippen molar-refractivity contribution in [3.05, 3.63) is 43.0 Å². The third-order valence-electron chi connectivity index (χ3n) is 2.07. The van der Waals surface area contributed by atoms with Crippen LogP contribution in [0.15, 0.2) is 48.0 Å². The Morgan fingerprint density at radius 1 is 1.40 bits per heavy atom. The van der Waals surface area contributed by atoms with Crippen molar-refractivity contribution in [1.29, 1.82) is 0 Å². The van der Waals surface area contributed by atoms with Gasteiger partial charge >= 0.3 is 0 Å². The smallest absolute Gasteiger partial charge is 0.230 e. The molecular formula is C12H13NO2. The molecule has 2 rings (SSSR count). The molecule has 1 unspecified atom stereocenters. The highest BCUT2D eigenvalue weighted by Gasteiger charge is 2.19. The van der Waals surface area contributed by atoms with Crippen LogP contribution in [0, 0.1) is 0 Å². The number of nitrogens with zero attached hydrogens (tertiary/aromatic N) is 1. The van der Waals surface area contributed by atoms with Crippen molar-refractivity contribution in [2.75, 3.05) is 13.2 Å². The molecule has 1 heterocycles. The molecule has 0 bridgehead atoms. The number of hydrogen-bond acceptors (Lipinski definition) is 3. The van der Waals surface area contributed by atoms with E-state index in [1.54, 1.807) is 6.08 Å². The van der Waals surface area contributed by atoms with Gasteiger partial charge in [0.15, 0.2) is 6.10 Å². The number of hydrogen-bond donors (Lipinski definition) is 0. The summed E-state index contributed by atoms with van der Waals surface area (Å²) in [5, 5.41) is 0. The van der Waals surface area contributed by atoms with Crippen LogP contribution in [-0.4, -0.2) is 25.2 Å². The van der Waals surface area contributed by atoms with E-state index in [-0.39, 0.29) is 6.10 Å². The predicted octanol–water partition coefficient (Wildman–Crippen LogP) is 2.05. The highest BCUT2D eigenvalue weighted by molar-refractivity contribution is 5.84. The molecular weight excluding hydrogens is 190 g/mol. The molecule has 0 N–H and O–H groups in total. The van der Waals surface area contributed by atoms with Gasteiger partial charge < -0.3 is 9.47 Å². The van der Waals surface area contributed by atoms with E-state index in [0.717, 1.165) is 5.75 Å². The number of ether oxygens (including phenoxy) is 2. The van der Waals surface area contributed by atoms with Gasteiger partial charge in [0.2, 0.25) is 5.90 Å². The largest absolute Gasteiger partial charge is 0.477 e. The zero-order valence-corrected chi connectivity index (χ0v) is 8.43. The van der Waals surface area contributed by atoms with Crippen LogP contribution in [0.2, 0.25) is 0 Å². The molecule has 0 spiro atoms. The molecule has 0 fully saturated rings. The van der Waals surface area contributed by atoms with Gasteiger partial charge in [-0.3, -0.25) is 0 Å². The van der Waals surface area contributed by atoms with Gasteiger partial charge in [0.05, 0.1) is 6.54 Å². The standard InChI is InChI=1S/C12H13NO2/c1-2-11(12-13-8-9-14-12)15-10-6-4-3-5-7-10/h2-7,11H,1,8-9H2. The van der Waals surface area contributed by atoms with Crippen LogP contribution in [0.3, 0.4) is 0 Å². The Labute approximate surface area is 89.0 Å². The fraction of sp³-hybridized carbons (Fsp3) is 0.250. The van der Waals surface area contributed by atoms with Gasteiger partial charge in [-0.1, -0.05) is 24.8 Å². The molecule has 0 saturated heterocycles. The third-order valence-corrected chi connectivity index (χ3v) is 2.07. The first kappa shape index (κ1) is 9.77. The minimum absolute atomic E-state index is 0.283. The van der Waals surface area contributed by atoms with Crippen molar-refractivity contribution >= 4 is 5.90 Å². The highest BCUT2D eigenvalue weighted by atomic mass is 16.5. The lowest BCUT2D eigenvalue weighted by atomic mass is 10.3. The summed E-state index contributed by atoms with van der Waals surface area (Å²) in [4.78, 5) is 4.20. The van der Waals surface area contributed by atoms with Gasteiger partial charge in [-0.05, 0) is 18.2 Å². The molecule has 1 aromatic rings. The van der Waals surface area contributed by atoms with E-state index < -0.39 is 0 Å². The van der Waals surface area contributed by atoms with Crippen LogP contribution in [0.5, 0.6) is 5.75 Å². The lowest BCUT2D eigenvalue weighted by molar-refractivity contribution is 0.253. The molecule has 3 heteroatoms. The van der Waals surface area contributed by atoms with Crippen molar-refractivity contribution in [2.24, 2.45) is 4.99 Å². The molecule has 1 aliphatic rings. The van der Waals surface area contributed by atoms with Crippen molar-refractivity contribution < 1.29 is 9.47 Å². The van der Waals surface area contributed by atoms with Crippen molar-refractivity contribution in [1.82, 2.24) is 0 Å². The summed E-state index contributed by atoms with van der Waals surface area (Å²) in [6, 6.07) is 9.58. The molecule has 0 radical (unpaired) electrons. The summed E-state index contributed by atoms with van der Waals surface area (Å²) < 4.78 is 11.0. The average molecular weight is 203 g/mol. The Bertz CT molecular complexity index is 359. The maximum absolute atomic E-state index is 5.67. The van der Waals surface area contributed by atoms with E-state index in [1.165, 1.54) is 0 Å². The molecule has 3 nitrogen and oxygen atoms in total. The minimum atomic E-state index is -0.283. The summed E-state index contributed by atoms with van der Waals surface area (Å²) in [5.41, 5.74) is 0. The third kappa shape index (κ3) is 2.37. The summed E-state index contributed by atoms with van der Waals surface area (Å²) in [7, 11) is 0. The summed E-state index contributed by atoms with van der Waals surface area (Å²) >= 11 is 0. The van der Waals surface area contributed by atoms with Crippen molar-refractivity contribution in [3.8, 4) is 5.75 Å². The molecule has 0 amide bonds. The number of rotatable bonds is 4. The van der Waals surface area contributed by atoms with Gasteiger partial charge in [-0.25, -0.2) is 4.99 Å². The zero-order valence-electron chi connectivity index (χ0n) is 8.43. The van der Waals surface area contributed by atoms with Gasteiger partial charge in [0.1, 0.15) is 12.4 Å². The van der Waals surface area contributed by atoms with E-state index in [9.17, 15) is 0 Å². The second kappa shape index (κ2) is 4.64. The van der Waals surface area contributed by atoms with Crippen LogP contribution in [0.25, 0.3) is 0 Å². The Kier molecular flexibility index (Phi) is 3.02. The van der Waals surface area contributed by atoms with Gasteiger partial charge in [0.25, 0.3) is 0 Å². The quantitative estimate of drug-likeness (QED) is 0.701. The first-order valence-electron chi connectivity index (χ1n) is 4.91. The summed E-state index contributed by atoms with van der Waals surface area (Å²) in [5.74, 6) is 1.41. The Balaban J connectivity index is 2.05. The molecule has 78 valence electrons. The van der Waals surface area contributed by atoms with Crippen molar-refractivity contribution in [3.63, 3.8) is 0 Å². The molecule has 0 aliphatic carbocycles. The fourth-order valence-electron chi connectivity index (χ4n) is 1.37. The second-order valence-electron chi connectivity index (χ2n) is 3.16. The first-order valence-corrected chi connectivity index (χ1v) is 4.91. The van der Waals surface area contributed by atoms with Crippen LogP contribution < -0.4 is 4.74 Å². The monoisotopic (exact) mass is 203 g/mol. The Hall–Kier alpha value is -1.77. The molecule has 0 saturated carbocycles. The van der Waals surface area contributed by atoms with E-state index in [4.69, 9.17) is 9.47 Å². The Morgan fingerprint density at radius 3 is 2.80 bits per heavy atom. The van der Waals surface area contributed by atoms with E-state index in [2.05, 4.69) is 11.6 Å². The van der Waals surface area contributed by atoms with Crippen molar-refractivity contribution in [2.45, 2.75) is 6.10 Å².